The minimum absolute atomic E-state index is 0.0809. The lowest BCUT2D eigenvalue weighted by atomic mass is 9.85. The second-order valence-corrected chi connectivity index (χ2v) is 11.0. The highest BCUT2D eigenvalue weighted by molar-refractivity contribution is 14.1. The molecule has 1 nitrogen and oxygen atoms in total. The molecule has 0 radical (unpaired) electrons. The summed E-state index contributed by atoms with van der Waals surface area (Å²) in [5.41, 5.74) is -0.00494. The summed E-state index contributed by atoms with van der Waals surface area (Å²) in [6.07, 6.45) is 2.33. The van der Waals surface area contributed by atoms with Crippen LogP contribution in [0.2, 0.25) is 5.02 Å². The molecule has 0 atom stereocenters. The van der Waals surface area contributed by atoms with Gasteiger partial charge in [-0.2, -0.15) is 8.78 Å². The summed E-state index contributed by atoms with van der Waals surface area (Å²) in [6.45, 7) is 0. The van der Waals surface area contributed by atoms with E-state index < -0.39 is 34.9 Å². The molecule has 0 aliphatic heterocycles. The molecule has 0 amide bonds. The molecule has 3 aromatic rings. The molecule has 1 aliphatic carbocycles. The van der Waals surface area contributed by atoms with E-state index in [4.69, 9.17) is 11.6 Å². The largest absolute Gasteiger partial charge is 0.426 e. The first-order valence-corrected chi connectivity index (χ1v) is 13.0. The Balaban J connectivity index is 1.44. The Morgan fingerprint density at radius 3 is 2.26 bits per heavy atom. The van der Waals surface area contributed by atoms with Crippen molar-refractivity contribution in [3.63, 3.8) is 0 Å². The molecule has 1 fully saturated rings. The predicted molar refractivity (Wildman–Crippen MR) is 136 cm³/mol. The Bertz CT molecular complexity index is 1190. The van der Waals surface area contributed by atoms with Crippen molar-refractivity contribution in [3.8, 4) is 16.9 Å². The molecular weight excluding hydrogens is 598 g/mol. The van der Waals surface area contributed by atoms with Crippen LogP contribution in [0.5, 0.6) is 5.75 Å². The predicted octanol–water partition coefficient (Wildman–Crippen LogP) is 9.48. The number of alkyl halides is 3. The number of halogens is 7. The molecule has 8 heteroatoms. The van der Waals surface area contributed by atoms with E-state index in [9.17, 15) is 22.0 Å². The Labute approximate surface area is 219 Å². The van der Waals surface area contributed by atoms with Gasteiger partial charge >= 0.3 is 6.11 Å². The summed E-state index contributed by atoms with van der Waals surface area (Å²) in [6, 6.07) is 10.3. The molecule has 3 aromatic carbocycles. The van der Waals surface area contributed by atoms with Crippen LogP contribution in [-0.2, 0) is 12.5 Å². The van der Waals surface area contributed by atoms with Gasteiger partial charge in [0.05, 0.1) is 10.6 Å². The molecule has 4 rings (SSSR count). The topological polar surface area (TPSA) is 9.23 Å². The van der Waals surface area contributed by atoms with Gasteiger partial charge in [-0.25, -0.2) is 13.2 Å². The van der Waals surface area contributed by atoms with Crippen molar-refractivity contribution in [2.45, 2.75) is 48.6 Å². The third-order valence-electron chi connectivity index (χ3n) is 6.39. The fraction of sp³-hybridized carbons (Fsp3) is 0.333. The van der Waals surface area contributed by atoms with Crippen molar-refractivity contribution in [2.75, 3.05) is 0 Å². The van der Waals surface area contributed by atoms with Crippen LogP contribution in [0.15, 0.2) is 54.6 Å². The van der Waals surface area contributed by atoms with Crippen molar-refractivity contribution < 1.29 is 26.7 Å². The van der Waals surface area contributed by atoms with Gasteiger partial charge in [0, 0.05) is 9.49 Å². The Hall–Kier alpha value is -1.87. The minimum Gasteiger partial charge on any atom is -0.426 e. The standard InChI is InChI=1S/C27H23ClF5IO/c28-22-11-6-18(14-24(22)30)21-10-7-19(15-23(21)29)27(32,33)35-26-12-5-17(13-25(26)31)2-1-16-3-8-20(34)9-4-16/h5-7,10-16,20H,1-4,8-9H2. The maximum atomic E-state index is 14.7. The Morgan fingerprint density at radius 1 is 0.857 bits per heavy atom. The number of aryl methyl sites for hydroxylation is 1. The summed E-state index contributed by atoms with van der Waals surface area (Å²) < 4.78 is 77.8. The average molecular weight is 621 g/mol. The number of benzene rings is 3. The van der Waals surface area contributed by atoms with Gasteiger partial charge in [0.1, 0.15) is 11.6 Å². The van der Waals surface area contributed by atoms with Gasteiger partial charge in [-0.1, -0.05) is 52.4 Å². The highest BCUT2D eigenvalue weighted by atomic mass is 127. The summed E-state index contributed by atoms with van der Waals surface area (Å²) in [5.74, 6) is -2.67. The molecule has 0 unspecified atom stereocenters. The van der Waals surface area contributed by atoms with E-state index in [2.05, 4.69) is 27.3 Å². The monoisotopic (exact) mass is 620 g/mol. The van der Waals surface area contributed by atoms with Gasteiger partial charge in [-0.3, -0.25) is 0 Å². The van der Waals surface area contributed by atoms with Crippen molar-refractivity contribution in [1.29, 1.82) is 0 Å². The summed E-state index contributed by atoms with van der Waals surface area (Å²) in [4.78, 5) is 0. The summed E-state index contributed by atoms with van der Waals surface area (Å²) in [7, 11) is 0. The SMILES string of the molecule is Fc1cc(-c2ccc(C(F)(F)Oc3ccc(CCC4CCC(I)CC4)cc3F)cc2F)ccc1Cl. The molecule has 0 aromatic heterocycles. The molecular formula is C27H23ClF5IO. The third kappa shape index (κ3) is 6.47. The normalized spacial score (nSPS) is 18.5. The first-order chi connectivity index (χ1) is 16.6. The molecule has 186 valence electrons. The van der Waals surface area contributed by atoms with Crippen LogP contribution in [0.1, 0.15) is 43.2 Å². The number of hydrogen-bond donors (Lipinski definition) is 0. The maximum Gasteiger partial charge on any atom is 0.426 e. The van der Waals surface area contributed by atoms with E-state index in [-0.39, 0.29) is 16.1 Å². The molecule has 1 saturated carbocycles. The van der Waals surface area contributed by atoms with Crippen LogP contribution in [0, 0.1) is 23.4 Å². The van der Waals surface area contributed by atoms with E-state index in [1.54, 1.807) is 6.07 Å². The molecule has 1 aliphatic rings. The molecule has 0 bridgehead atoms. The first-order valence-electron chi connectivity index (χ1n) is 11.4. The second kappa shape index (κ2) is 11.0. The van der Waals surface area contributed by atoms with E-state index in [0.29, 0.717) is 18.4 Å². The van der Waals surface area contributed by atoms with Gasteiger partial charge in [-0.05, 0) is 92.0 Å². The minimum atomic E-state index is -3.98. The number of rotatable bonds is 7. The summed E-state index contributed by atoms with van der Waals surface area (Å²) >= 11 is 8.11. The average Bonchev–Trinajstić information content (AvgIpc) is 2.82. The fourth-order valence-corrected chi connectivity index (χ4v) is 5.19. The Morgan fingerprint density at radius 2 is 1.60 bits per heavy atom. The van der Waals surface area contributed by atoms with E-state index in [1.165, 1.54) is 37.1 Å². The van der Waals surface area contributed by atoms with Gasteiger partial charge in [0.15, 0.2) is 11.6 Å². The van der Waals surface area contributed by atoms with Gasteiger partial charge < -0.3 is 4.74 Å². The van der Waals surface area contributed by atoms with E-state index in [0.717, 1.165) is 46.9 Å². The molecule has 35 heavy (non-hydrogen) atoms. The number of hydrogen-bond acceptors (Lipinski definition) is 1. The van der Waals surface area contributed by atoms with Crippen LogP contribution in [-0.4, -0.2) is 3.92 Å². The van der Waals surface area contributed by atoms with Crippen molar-refractivity contribution in [1.82, 2.24) is 0 Å². The van der Waals surface area contributed by atoms with Crippen LogP contribution >= 0.6 is 34.2 Å². The summed E-state index contributed by atoms with van der Waals surface area (Å²) in [5, 5.41) is -0.137. The zero-order chi connectivity index (χ0) is 25.2. The van der Waals surface area contributed by atoms with Gasteiger partial charge in [-0.15, -0.1) is 0 Å². The molecule has 0 saturated heterocycles. The smallest absolute Gasteiger partial charge is 0.426 e. The highest BCUT2D eigenvalue weighted by Gasteiger charge is 2.36. The molecule has 0 heterocycles. The van der Waals surface area contributed by atoms with E-state index in [1.807, 2.05) is 0 Å². The second-order valence-electron chi connectivity index (χ2n) is 8.86. The van der Waals surface area contributed by atoms with Crippen LogP contribution in [0.4, 0.5) is 22.0 Å². The molecule has 0 N–H and O–H groups in total. The van der Waals surface area contributed by atoms with Crippen LogP contribution in [0.3, 0.4) is 0 Å². The Kier molecular flexibility index (Phi) is 8.26. The fourth-order valence-electron chi connectivity index (χ4n) is 4.35. The highest BCUT2D eigenvalue weighted by Crippen LogP contribution is 2.36. The van der Waals surface area contributed by atoms with Gasteiger partial charge in [0.2, 0.25) is 0 Å². The van der Waals surface area contributed by atoms with E-state index >= 15 is 0 Å². The lowest BCUT2D eigenvalue weighted by Crippen LogP contribution is -2.22. The zero-order valence-corrected chi connectivity index (χ0v) is 21.6. The van der Waals surface area contributed by atoms with Crippen molar-refractivity contribution in [3.05, 3.63) is 88.2 Å². The van der Waals surface area contributed by atoms with Crippen LogP contribution in [0.25, 0.3) is 11.1 Å². The third-order valence-corrected chi connectivity index (χ3v) is 7.94. The molecule has 0 spiro atoms. The van der Waals surface area contributed by atoms with Crippen LogP contribution < -0.4 is 4.74 Å². The zero-order valence-electron chi connectivity index (χ0n) is 18.6. The lowest BCUT2D eigenvalue weighted by molar-refractivity contribution is -0.187. The van der Waals surface area contributed by atoms with Crippen molar-refractivity contribution in [2.24, 2.45) is 5.92 Å². The van der Waals surface area contributed by atoms with Gasteiger partial charge in [0.25, 0.3) is 0 Å². The number of ether oxygens (including phenoxy) is 1. The quantitative estimate of drug-likeness (QED) is 0.145. The first kappa shape index (κ1) is 26.2. The maximum absolute atomic E-state index is 14.7. The van der Waals surface area contributed by atoms with Crippen molar-refractivity contribution >= 4 is 34.2 Å². The lowest BCUT2D eigenvalue weighted by Gasteiger charge is -2.25.